The van der Waals surface area contributed by atoms with Crippen molar-refractivity contribution < 1.29 is 4.52 Å². The van der Waals surface area contributed by atoms with E-state index in [1.807, 2.05) is 0 Å². The standard InChI is InChI=1S/C8H13IN2O/c1-2-3-4-5-6-7(9)8(10)11-12-6/h2-5H2,1H3,(H2,10,11). The van der Waals surface area contributed by atoms with Crippen LogP contribution in [-0.2, 0) is 6.42 Å². The Morgan fingerprint density at radius 2 is 2.25 bits per heavy atom. The van der Waals surface area contributed by atoms with Gasteiger partial charge in [-0.2, -0.15) is 0 Å². The van der Waals surface area contributed by atoms with Crippen LogP contribution in [0.4, 0.5) is 5.82 Å². The molecule has 0 fully saturated rings. The Hall–Kier alpha value is -0.260. The number of aromatic nitrogens is 1. The van der Waals surface area contributed by atoms with Gasteiger partial charge in [-0.1, -0.05) is 24.9 Å². The maximum atomic E-state index is 5.53. The van der Waals surface area contributed by atoms with Gasteiger partial charge in [-0.05, 0) is 29.0 Å². The molecule has 68 valence electrons. The summed E-state index contributed by atoms with van der Waals surface area (Å²) in [4.78, 5) is 0. The third-order valence-electron chi connectivity index (χ3n) is 1.73. The maximum absolute atomic E-state index is 5.53. The second-order valence-corrected chi connectivity index (χ2v) is 3.84. The van der Waals surface area contributed by atoms with E-state index in [-0.39, 0.29) is 0 Å². The number of rotatable bonds is 4. The number of unbranched alkanes of at least 4 members (excludes halogenated alkanes) is 2. The Morgan fingerprint density at radius 1 is 1.50 bits per heavy atom. The molecule has 1 aromatic rings. The molecule has 0 atom stereocenters. The Morgan fingerprint density at radius 3 is 2.75 bits per heavy atom. The van der Waals surface area contributed by atoms with E-state index in [0.717, 1.165) is 22.2 Å². The highest BCUT2D eigenvalue weighted by Crippen LogP contribution is 2.20. The average Bonchev–Trinajstić information content (AvgIpc) is 2.36. The van der Waals surface area contributed by atoms with Gasteiger partial charge in [-0.15, -0.1) is 0 Å². The van der Waals surface area contributed by atoms with Crippen molar-refractivity contribution >= 4 is 28.4 Å². The lowest BCUT2D eigenvalue weighted by Gasteiger charge is -1.94. The predicted octanol–water partition coefficient (Wildman–Crippen LogP) is 2.59. The molecule has 0 saturated heterocycles. The molecular formula is C8H13IN2O. The van der Waals surface area contributed by atoms with Crippen molar-refractivity contribution in [1.82, 2.24) is 5.16 Å². The Labute approximate surface area is 85.8 Å². The van der Waals surface area contributed by atoms with E-state index in [9.17, 15) is 0 Å². The molecule has 0 aliphatic carbocycles. The zero-order valence-corrected chi connectivity index (χ0v) is 9.30. The van der Waals surface area contributed by atoms with Gasteiger partial charge in [-0.25, -0.2) is 0 Å². The molecule has 0 radical (unpaired) electrons. The number of nitrogen functional groups attached to an aromatic ring is 1. The molecule has 0 bridgehead atoms. The molecular weight excluding hydrogens is 267 g/mol. The van der Waals surface area contributed by atoms with Gasteiger partial charge in [0.2, 0.25) is 0 Å². The van der Waals surface area contributed by atoms with Crippen molar-refractivity contribution in [2.75, 3.05) is 5.73 Å². The van der Waals surface area contributed by atoms with Gasteiger partial charge in [-0.3, -0.25) is 0 Å². The number of halogens is 1. The lowest BCUT2D eigenvalue weighted by molar-refractivity contribution is 0.380. The fourth-order valence-electron chi connectivity index (χ4n) is 1.02. The maximum Gasteiger partial charge on any atom is 0.180 e. The molecule has 1 aromatic heterocycles. The summed E-state index contributed by atoms with van der Waals surface area (Å²) in [5, 5.41) is 3.69. The first kappa shape index (κ1) is 9.83. The molecule has 4 heteroatoms. The lowest BCUT2D eigenvalue weighted by atomic mass is 10.2. The minimum absolute atomic E-state index is 0.516. The van der Waals surface area contributed by atoms with Crippen LogP contribution in [-0.4, -0.2) is 5.16 Å². The molecule has 0 aliphatic heterocycles. The number of anilines is 1. The normalized spacial score (nSPS) is 10.5. The minimum atomic E-state index is 0.516. The second kappa shape index (κ2) is 4.69. The van der Waals surface area contributed by atoms with Crippen LogP contribution in [0.25, 0.3) is 0 Å². The van der Waals surface area contributed by atoms with Gasteiger partial charge in [0.15, 0.2) is 11.6 Å². The molecule has 12 heavy (non-hydrogen) atoms. The van der Waals surface area contributed by atoms with Crippen LogP contribution in [0.3, 0.4) is 0 Å². The van der Waals surface area contributed by atoms with E-state index >= 15 is 0 Å². The van der Waals surface area contributed by atoms with Gasteiger partial charge in [0.05, 0.1) is 3.57 Å². The first-order valence-corrected chi connectivity index (χ1v) is 5.23. The van der Waals surface area contributed by atoms with Crippen LogP contribution in [0.5, 0.6) is 0 Å². The van der Waals surface area contributed by atoms with E-state index in [0.29, 0.717) is 5.82 Å². The van der Waals surface area contributed by atoms with Crippen molar-refractivity contribution in [3.8, 4) is 0 Å². The molecule has 0 saturated carbocycles. The summed E-state index contributed by atoms with van der Waals surface area (Å²) >= 11 is 2.17. The molecule has 0 aromatic carbocycles. The molecule has 3 nitrogen and oxygen atoms in total. The quantitative estimate of drug-likeness (QED) is 0.681. The summed E-state index contributed by atoms with van der Waals surface area (Å²) in [6.45, 7) is 2.18. The van der Waals surface area contributed by atoms with Gasteiger partial charge in [0, 0.05) is 6.42 Å². The SMILES string of the molecule is CCCCCc1onc(N)c1I. The molecule has 1 rings (SSSR count). The van der Waals surface area contributed by atoms with Crippen LogP contribution in [0.15, 0.2) is 4.52 Å². The number of aryl methyl sites for hydroxylation is 1. The average molecular weight is 280 g/mol. The Bertz CT molecular complexity index is 247. The fraction of sp³-hybridized carbons (Fsp3) is 0.625. The number of hydrogen-bond donors (Lipinski definition) is 1. The smallest absolute Gasteiger partial charge is 0.180 e. The summed E-state index contributed by atoms with van der Waals surface area (Å²) in [7, 11) is 0. The zero-order valence-electron chi connectivity index (χ0n) is 7.14. The third-order valence-corrected chi connectivity index (χ3v) is 2.89. The van der Waals surface area contributed by atoms with Gasteiger partial charge >= 0.3 is 0 Å². The van der Waals surface area contributed by atoms with Crippen LogP contribution >= 0.6 is 22.6 Å². The summed E-state index contributed by atoms with van der Waals surface area (Å²) in [6.07, 6.45) is 4.56. The number of nitrogens with two attached hydrogens (primary N) is 1. The first-order valence-electron chi connectivity index (χ1n) is 4.15. The van der Waals surface area contributed by atoms with E-state index in [4.69, 9.17) is 10.3 Å². The van der Waals surface area contributed by atoms with Crippen LogP contribution in [0.1, 0.15) is 31.9 Å². The summed E-state index contributed by atoms with van der Waals surface area (Å²) in [5.41, 5.74) is 5.53. The zero-order chi connectivity index (χ0) is 8.97. The van der Waals surface area contributed by atoms with E-state index in [2.05, 4.69) is 34.7 Å². The van der Waals surface area contributed by atoms with Gasteiger partial charge < -0.3 is 10.3 Å². The molecule has 0 aliphatic rings. The van der Waals surface area contributed by atoms with Crippen molar-refractivity contribution in [2.45, 2.75) is 32.6 Å². The van der Waals surface area contributed by atoms with Crippen molar-refractivity contribution in [3.05, 3.63) is 9.33 Å². The highest BCUT2D eigenvalue weighted by Gasteiger charge is 2.09. The highest BCUT2D eigenvalue weighted by molar-refractivity contribution is 14.1. The fourth-order valence-corrected chi connectivity index (χ4v) is 1.48. The van der Waals surface area contributed by atoms with E-state index in [1.54, 1.807) is 0 Å². The lowest BCUT2D eigenvalue weighted by Crippen LogP contribution is -1.88. The predicted molar refractivity (Wildman–Crippen MR) is 56.9 cm³/mol. The van der Waals surface area contributed by atoms with Crippen LogP contribution in [0.2, 0.25) is 0 Å². The Kier molecular flexibility index (Phi) is 3.84. The Balaban J connectivity index is 2.46. The van der Waals surface area contributed by atoms with Crippen LogP contribution in [0, 0.1) is 3.57 Å². The summed E-state index contributed by atoms with van der Waals surface area (Å²) in [6, 6.07) is 0. The van der Waals surface area contributed by atoms with Crippen molar-refractivity contribution in [3.63, 3.8) is 0 Å². The van der Waals surface area contributed by atoms with Gasteiger partial charge in [0.25, 0.3) is 0 Å². The van der Waals surface area contributed by atoms with Crippen LogP contribution < -0.4 is 5.73 Å². The molecule has 1 heterocycles. The number of nitrogens with zero attached hydrogens (tertiary/aromatic N) is 1. The van der Waals surface area contributed by atoms with Gasteiger partial charge in [0.1, 0.15) is 0 Å². The molecule has 0 amide bonds. The van der Waals surface area contributed by atoms with Crippen molar-refractivity contribution in [1.29, 1.82) is 0 Å². The summed E-state index contributed by atoms with van der Waals surface area (Å²) in [5.74, 6) is 1.45. The topological polar surface area (TPSA) is 52.0 Å². The molecule has 0 unspecified atom stereocenters. The minimum Gasteiger partial charge on any atom is -0.380 e. The second-order valence-electron chi connectivity index (χ2n) is 2.76. The molecule has 2 N–H and O–H groups in total. The number of hydrogen-bond acceptors (Lipinski definition) is 3. The third kappa shape index (κ3) is 2.36. The van der Waals surface area contributed by atoms with E-state index < -0.39 is 0 Å². The molecule has 0 spiro atoms. The largest absolute Gasteiger partial charge is 0.380 e. The van der Waals surface area contributed by atoms with E-state index in [1.165, 1.54) is 12.8 Å². The summed E-state index contributed by atoms with van der Waals surface area (Å²) < 4.78 is 6.03. The van der Waals surface area contributed by atoms with Crippen molar-refractivity contribution in [2.24, 2.45) is 0 Å². The monoisotopic (exact) mass is 280 g/mol. The first-order chi connectivity index (χ1) is 5.75. The highest BCUT2D eigenvalue weighted by atomic mass is 127.